The Bertz CT molecular complexity index is 721. The number of nitrogens with zero attached hydrogens (tertiary/aromatic N) is 1. The summed E-state index contributed by atoms with van der Waals surface area (Å²) in [5.41, 5.74) is 0.452. The highest BCUT2D eigenvalue weighted by Gasteiger charge is 2.81. The molecule has 0 bridgehead atoms. The van der Waals surface area contributed by atoms with Gasteiger partial charge in [-0.15, -0.1) is 0 Å². The lowest BCUT2D eigenvalue weighted by Gasteiger charge is -2.33. The molecule has 0 heterocycles. The van der Waals surface area contributed by atoms with Crippen LogP contribution in [-0.2, 0) is 11.2 Å². The first-order chi connectivity index (χ1) is 13.5. The first-order valence-corrected chi connectivity index (χ1v) is 8.35. The van der Waals surface area contributed by atoms with Gasteiger partial charge in [-0.25, -0.2) is 0 Å². The Balaban J connectivity index is 2.74. The molecular formula is C17H19F9N2O2. The van der Waals surface area contributed by atoms with Crippen molar-refractivity contribution in [3.05, 3.63) is 29.8 Å². The highest BCUT2D eigenvalue weighted by molar-refractivity contribution is 5.77. The first kappa shape index (κ1) is 25.9. The van der Waals surface area contributed by atoms with Crippen LogP contribution in [0.1, 0.15) is 5.56 Å². The number of nitrogens with one attached hydrogen (secondary N) is 1. The molecule has 1 amide bonds. The van der Waals surface area contributed by atoms with E-state index in [1.807, 2.05) is 0 Å². The van der Waals surface area contributed by atoms with Crippen LogP contribution >= 0.6 is 0 Å². The summed E-state index contributed by atoms with van der Waals surface area (Å²) in [5, 5.41) is 2.80. The summed E-state index contributed by atoms with van der Waals surface area (Å²) in [5.74, 6) is -20.1. The van der Waals surface area contributed by atoms with Crippen LogP contribution in [0.15, 0.2) is 24.3 Å². The molecule has 0 spiro atoms. The Morgan fingerprint density at radius 2 is 1.60 bits per heavy atom. The lowest BCUT2D eigenvalue weighted by atomic mass is 10.0. The summed E-state index contributed by atoms with van der Waals surface area (Å²) < 4.78 is 120. The van der Waals surface area contributed by atoms with Crippen molar-refractivity contribution in [1.82, 2.24) is 10.2 Å². The zero-order valence-electron chi connectivity index (χ0n) is 15.8. The third kappa shape index (κ3) is 5.92. The van der Waals surface area contributed by atoms with Gasteiger partial charge in [0.15, 0.2) is 6.61 Å². The monoisotopic (exact) mass is 454 g/mol. The number of benzene rings is 1. The smallest absolute Gasteiger partial charge is 0.460 e. The Labute approximate surface area is 166 Å². The standard InChI is InChI=1S/C17H19F9N2O2/c1-28(2)13(29)9-27-7-6-11-4-3-5-12(8-11)30-10-14(18,19)15(20,21)16(22,23)17(24,25)26/h3-5,8,27H,6-7,9-10H2,1-2H3. The van der Waals surface area contributed by atoms with Gasteiger partial charge in [-0.2, -0.15) is 39.5 Å². The second kappa shape index (κ2) is 9.31. The SMILES string of the molecule is CN(C)C(=O)CNCCc1cccc(OCC(F)(F)C(F)(F)C(F)(F)C(F)(F)F)c1. The summed E-state index contributed by atoms with van der Waals surface area (Å²) >= 11 is 0. The fraction of sp³-hybridized carbons (Fsp3) is 0.588. The van der Waals surface area contributed by atoms with Gasteiger partial charge in [-0.3, -0.25) is 4.79 Å². The average Bonchev–Trinajstić information content (AvgIpc) is 2.62. The van der Waals surface area contributed by atoms with Crippen molar-refractivity contribution in [2.45, 2.75) is 30.4 Å². The molecule has 0 aliphatic heterocycles. The number of likely N-dealkylation sites (N-methyl/N-ethyl adjacent to an activating group) is 1. The summed E-state index contributed by atoms with van der Waals surface area (Å²) in [6.07, 6.45) is -6.61. The predicted octanol–water partition coefficient (Wildman–Crippen LogP) is 3.75. The van der Waals surface area contributed by atoms with Crippen LogP contribution in [0.3, 0.4) is 0 Å². The number of hydrogen-bond donors (Lipinski definition) is 1. The Morgan fingerprint density at radius 3 is 2.13 bits per heavy atom. The van der Waals surface area contributed by atoms with Crippen molar-refractivity contribution in [3.63, 3.8) is 0 Å². The molecule has 0 aromatic heterocycles. The van der Waals surface area contributed by atoms with Crippen molar-refractivity contribution in [3.8, 4) is 5.75 Å². The largest absolute Gasteiger partial charge is 0.487 e. The highest BCUT2D eigenvalue weighted by atomic mass is 19.4. The van der Waals surface area contributed by atoms with E-state index in [1.54, 1.807) is 14.1 Å². The third-order valence-corrected chi connectivity index (χ3v) is 3.89. The number of carbonyl (C=O) groups is 1. The van der Waals surface area contributed by atoms with E-state index in [1.165, 1.54) is 17.0 Å². The fourth-order valence-corrected chi connectivity index (χ4v) is 2.05. The molecule has 0 fully saturated rings. The van der Waals surface area contributed by atoms with Gasteiger partial charge in [0.1, 0.15) is 5.75 Å². The minimum Gasteiger partial charge on any atom is -0.487 e. The normalized spacial score (nSPS) is 13.3. The minimum absolute atomic E-state index is 0.0257. The second-order valence-corrected chi connectivity index (χ2v) is 6.50. The Kier molecular flexibility index (Phi) is 8.03. The first-order valence-electron chi connectivity index (χ1n) is 8.35. The molecule has 13 heteroatoms. The fourth-order valence-electron chi connectivity index (χ4n) is 2.05. The van der Waals surface area contributed by atoms with Crippen molar-refractivity contribution in [1.29, 1.82) is 0 Å². The molecule has 172 valence electrons. The van der Waals surface area contributed by atoms with Gasteiger partial charge in [0, 0.05) is 14.1 Å². The minimum atomic E-state index is -6.95. The summed E-state index contributed by atoms with van der Waals surface area (Å²) in [4.78, 5) is 12.7. The molecule has 0 aliphatic carbocycles. The molecule has 0 aliphatic rings. The molecule has 0 saturated carbocycles. The van der Waals surface area contributed by atoms with E-state index >= 15 is 0 Å². The van der Waals surface area contributed by atoms with E-state index in [9.17, 15) is 44.3 Å². The van der Waals surface area contributed by atoms with Gasteiger partial charge in [0.2, 0.25) is 5.91 Å². The molecule has 0 unspecified atom stereocenters. The number of rotatable bonds is 10. The summed E-state index contributed by atoms with van der Waals surface area (Å²) in [6.45, 7) is -2.10. The lowest BCUT2D eigenvalue weighted by Crippen LogP contribution is -2.62. The van der Waals surface area contributed by atoms with Crippen LogP contribution in [0.5, 0.6) is 5.75 Å². The molecule has 30 heavy (non-hydrogen) atoms. The summed E-state index contributed by atoms with van der Waals surface area (Å²) in [7, 11) is 3.10. The Hall–Kier alpha value is -2.18. The van der Waals surface area contributed by atoms with Crippen molar-refractivity contribution < 1.29 is 49.0 Å². The van der Waals surface area contributed by atoms with E-state index in [0.29, 0.717) is 5.56 Å². The van der Waals surface area contributed by atoms with Crippen molar-refractivity contribution in [2.24, 2.45) is 0 Å². The maximum absolute atomic E-state index is 13.5. The third-order valence-electron chi connectivity index (χ3n) is 3.89. The number of carbonyl (C=O) groups excluding carboxylic acids is 1. The molecule has 1 N–H and O–H groups in total. The Morgan fingerprint density at radius 1 is 1.00 bits per heavy atom. The van der Waals surface area contributed by atoms with E-state index in [-0.39, 0.29) is 25.4 Å². The maximum atomic E-state index is 13.5. The molecule has 1 rings (SSSR count). The van der Waals surface area contributed by atoms with Crippen molar-refractivity contribution >= 4 is 5.91 Å². The van der Waals surface area contributed by atoms with E-state index in [2.05, 4.69) is 10.1 Å². The van der Waals surface area contributed by atoms with Crippen molar-refractivity contribution in [2.75, 3.05) is 33.8 Å². The van der Waals surface area contributed by atoms with Crippen LogP contribution in [0, 0.1) is 0 Å². The number of ether oxygens (including phenoxy) is 1. The molecule has 0 radical (unpaired) electrons. The van der Waals surface area contributed by atoms with Gasteiger partial charge >= 0.3 is 23.9 Å². The maximum Gasteiger partial charge on any atom is 0.460 e. The average molecular weight is 454 g/mol. The molecule has 4 nitrogen and oxygen atoms in total. The quantitative estimate of drug-likeness (QED) is 0.433. The van der Waals surface area contributed by atoms with Gasteiger partial charge < -0.3 is 15.0 Å². The van der Waals surface area contributed by atoms with E-state index < -0.39 is 36.3 Å². The van der Waals surface area contributed by atoms with Crippen LogP contribution in [0.25, 0.3) is 0 Å². The van der Waals surface area contributed by atoms with Gasteiger partial charge in [0.05, 0.1) is 6.54 Å². The predicted molar refractivity (Wildman–Crippen MR) is 88.1 cm³/mol. The van der Waals surface area contributed by atoms with E-state index in [0.717, 1.165) is 12.1 Å². The second-order valence-electron chi connectivity index (χ2n) is 6.50. The number of hydrogen-bond acceptors (Lipinski definition) is 3. The molecule has 1 aromatic rings. The molecule has 0 saturated heterocycles. The number of amides is 1. The van der Waals surface area contributed by atoms with Gasteiger partial charge in [0.25, 0.3) is 0 Å². The zero-order chi connectivity index (χ0) is 23.4. The summed E-state index contributed by atoms with van der Waals surface area (Å²) in [6, 6.07) is 4.97. The van der Waals surface area contributed by atoms with Gasteiger partial charge in [-0.1, -0.05) is 12.1 Å². The van der Waals surface area contributed by atoms with Crippen LogP contribution < -0.4 is 10.1 Å². The van der Waals surface area contributed by atoms with Crippen LogP contribution in [0.2, 0.25) is 0 Å². The number of halogens is 9. The molecule has 0 atom stereocenters. The number of alkyl halides is 9. The molecule has 1 aromatic carbocycles. The topological polar surface area (TPSA) is 41.6 Å². The van der Waals surface area contributed by atoms with Crippen LogP contribution in [-0.4, -0.2) is 68.5 Å². The van der Waals surface area contributed by atoms with Crippen LogP contribution in [0.4, 0.5) is 39.5 Å². The highest BCUT2D eigenvalue weighted by Crippen LogP contribution is 2.53. The van der Waals surface area contributed by atoms with Gasteiger partial charge in [-0.05, 0) is 30.7 Å². The lowest BCUT2D eigenvalue weighted by molar-refractivity contribution is -0.398. The van der Waals surface area contributed by atoms with E-state index in [4.69, 9.17) is 0 Å². The molecular weight excluding hydrogens is 435 g/mol. The zero-order valence-corrected chi connectivity index (χ0v) is 15.8.